The minimum absolute atomic E-state index is 0.000202. The van der Waals surface area contributed by atoms with E-state index < -0.39 is 0 Å². The van der Waals surface area contributed by atoms with E-state index in [1.165, 1.54) is 11.1 Å². The van der Waals surface area contributed by atoms with Crippen molar-refractivity contribution in [2.45, 2.75) is 31.8 Å². The van der Waals surface area contributed by atoms with Gasteiger partial charge in [-0.15, -0.1) is 0 Å². The Labute approximate surface area is 143 Å². The van der Waals surface area contributed by atoms with Crippen LogP contribution in [0.1, 0.15) is 24.0 Å². The summed E-state index contributed by atoms with van der Waals surface area (Å²) in [5, 5.41) is 0. The molecule has 2 unspecified atom stereocenters. The standard InChI is InChI=1S/C19H25N3O2/c1-20-17-7-6-16(19(20)24)11-22(12-17)18(23)13-21-9-8-14-4-2-3-5-15(14)10-21/h2-5,16-17H,6-13H2,1H3. The number of likely N-dealkylation sites (N-methyl/N-ethyl adjacent to an activating group) is 1. The van der Waals surface area contributed by atoms with Crippen LogP contribution in [0.5, 0.6) is 0 Å². The lowest BCUT2D eigenvalue weighted by atomic mass is 9.95. The molecule has 2 amide bonds. The zero-order chi connectivity index (χ0) is 16.7. The Morgan fingerprint density at radius 2 is 1.96 bits per heavy atom. The Morgan fingerprint density at radius 3 is 2.79 bits per heavy atom. The van der Waals surface area contributed by atoms with E-state index in [2.05, 4.69) is 29.2 Å². The van der Waals surface area contributed by atoms with Crippen LogP contribution in [0.25, 0.3) is 0 Å². The van der Waals surface area contributed by atoms with E-state index in [1.807, 2.05) is 16.8 Å². The topological polar surface area (TPSA) is 43.9 Å². The van der Waals surface area contributed by atoms with Crippen LogP contribution in [-0.2, 0) is 22.6 Å². The van der Waals surface area contributed by atoms with Crippen molar-refractivity contribution in [2.75, 3.05) is 33.2 Å². The number of nitrogens with zero attached hydrogens (tertiary/aromatic N) is 3. The Kier molecular flexibility index (Phi) is 4.04. The summed E-state index contributed by atoms with van der Waals surface area (Å²) in [6, 6.07) is 8.69. The quantitative estimate of drug-likeness (QED) is 0.818. The van der Waals surface area contributed by atoms with Crippen molar-refractivity contribution in [3.05, 3.63) is 35.4 Å². The van der Waals surface area contributed by atoms with Gasteiger partial charge in [-0.3, -0.25) is 14.5 Å². The van der Waals surface area contributed by atoms with Gasteiger partial charge in [0.05, 0.1) is 12.5 Å². The average Bonchev–Trinajstić information content (AvgIpc) is 2.88. The highest BCUT2D eigenvalue weighted by atomic mass is 16.2. The van der Waals surface area contributed by atoms with Gasteiger partial charge >= 0.3 is 0 Å². The summed E-state index contributed by atoms with van der Waals surface area (Å²) in [7, 11) is 1.88. The molecule has 4 aliphatic heterocycles. The summed E-state index contributed by atoms with van der Waals surface area (Å²) in [4.78, 5) is 31.1. The number of rotatable bonds is 2. The van der Waals surface area contributed by atoms with Gasteiger partial charge in [-0.25, -0.2) is 0 Å². The second kappa shape index (κ2) is 6.20. The molecule has 24 heavy (non-hydrogen) atoms. The van der Waals surface area contributed by atoms with Crippen LogP contribution in [0, 0.1) is 5.92 Å². The second-order valence-electron chi connectivity index (χ2n) is 7.41. The lowest BCUT2D eigenvalue weighted by Crippen LogP contribution is -2.46. The summed E-state index contributed by atoms with van der Waals surface area (Å²) in [6.45, 7) is 3.54. The number of piperidine rings is 1. The van der Waals surface area contributed by atoms with Crippen molar-refractivity contribution in [2.24, 2.45) is 5.92 Å². The molecule has 0 aliphatic carbocycles. The molecule has 1 aromatic rings. The lowest BCUT2D eigenvalue weighted by molar-refractivity contribution is -0.138. The second-order valence-corrected chi connectivity index (χ2v) is 7.41. The van der Waals surface area contributed by atoms with Crippen LogP contribution in [0.3, 0.4) is 0 Å². The van der Waals surface area contributed by atoms with E-state index in [9.17, 15) is 9.59 Å². The number of hydrogen-bond acceptors (Lipinski definition) is 3. The van der Waals surface area contributed by atoms with E-state index >= 15 is 0 Å². The molecule has 1 aromatic carbocycles. The summed E-state index contributed by atoms with van der Waals surface area (Å²) in [5.74, 6) is 0.391. The SMILES string of the molecule is CN1C(=O)C2CCC1CN(C(=O)CN1CCc3ccccc3C1)C2. The van der Waals surface area contributed by atoms with Crippen molar-refractivity contribution in [3.63, 3.8) is 0 Å². The molecule has 0 aromatic heterocycles. The largest absolute Gasteiger partial charge is 0.341 e. The van der Waals surface area contributed by atoms with Crippen LogP contribution < -0.4 is 0 Å². The van der Waals surface area contributed by atoms with E-state index in [0.717, 1.165) is 32.4 Å². The van der Waals surface area contributed by atoms with Crippen molar-refractivity contribution in [1.82, 2.24) is 14.7 Å². The normalized spacial score (nSPS) is 27.1. The van der Waals surface area contributed by atoms with Crippen LogP contribution >= 0.6 is 0 Å². The average molecular weight is 327 g/mol. The maximum Gasteiger partial charge on any atom is 0.236 e. The van der Waals surface area contributed by atoms with Gasteiger partial charge in [0.15, 0.2) is 0 Å². The van der Waals surface area contributed by atoms with Crippen LogP contribution in [0.2, 0.25) is 0 Å². The van der Waals surface area contributed by atoms with E-state index in [1.54, 1.807) is 0 Å². The fourth-order valence-corrected chi connectivity index (χ4v) is 4.34. The maximum atomic E-state index is 12.8. The Hall–Kier alpha value is -1.88. The Balaban J connectivity index is 1.41. The minimum atomic E-state index is -0.000202. The van der Waals surface area contributed by atoms with Crippen molar-refractivity contribution >= 4 is 11.8 Å². The molecule has 4 heterocycles. The van der Waals surface area contributed by atoms with E-state index in [0.29, 0.717) is 19.6 Å². The highest BCUT2D eigenvalue weighted by molar-refractivity contribution is 5.83. The Morgan fingerprint density at radius 1 is 1.17 bits per heavy atom. The summed E-state index contributed by atoms with van der Waals surface area (Å²) >= 11 is 0. The van der Waals surface area contributed by atoms with Crippen LogP contribution in [-0.4, -0.2) is 65.8 Å². The molecular weight excluding hydrogens is 302 g/mol. The molecule has 5 heteroatoms. The van der Waals surface area contributed by atoms with Crippen LogP contribution in [0.4, 0.5) is 0 Å². The first-order valence-electron chi connectivity index (χ1n) is 8.95. The van der Waals surface area contributed by atoms with Crippen molar-refractivity contribution in [1.29, 1.82) is 0 Å². The third-order valence-electron chi connectivity index (χ3n) is 5.89. The molecule has 0 radical (unpaired) electrons. The molecule has 5 nitrogen and oxygen atoms in total. The number of carbonyl (C=O) groups excluding carboxylic acids is 2. The first-order valence-corrected chi connectivity index (χ1v) is 8.95. The predicted molar refractivity (Wildman–Crippen MR) is 91.3 cm³/mol. The monoisotopic (exact) mass is 327 g/mol. The fraction of sp³-hybridized carbons (Fsp3) is 0.579. The number of hydrogen-bond donors (Lipinski definition) is 0. The zero-order valence-electron chi connectivity index (χ0n) is 14.3. The van der Waals surface area contributed by atoms with Crippen LogP contribution in [0.15, 0.2) is 24.3 Å². The third-order valence-corrected chi connectivity index (χ3v) is 5.89. The molecule has 4 aliphatic rings. The van der Waals surface area contributed by atoms with Gasteiger partial charge in [0.1, 0.15) is 0 Å². The molecule has 2 atom stereocenters. The van der Waals surface area contributed by atoms with Gasteiger partial charge in [-0.1, -0.05) is 24.3 Å². The molecule has 0 spiro atoms. The van der Waals surface area contributed by atoms with Crippen molar-refractivity contribution in [3.8, 4) is 0 Å². The number of fused-ring (bicyclic) bond motifs is 5. The summed E-state index contributed by atoms with van der Waals surface area (Å²) < 4.78 is 0. The molecular formula is C19H25N3O2. The molecule has 2 bridgehead atoms. The molecule has 3 fully saturated rings. The summed E-state index contributed by atoms with van der Waals surface area (Å²) in [5.41, 5.74) is 2.74. The highest BCUT2D eigenvalue weighted by Crippen LogP contribution is 2.28. The molecule has 0 N–H and O–H groups in total. The van der Waals surface area contributed by atoms with Gasteiger partial charge in [0.25, 0.3) is 0 Å². The fourth-order valence-electron chi connectivity index (χ4n) is 4.34. The molecule has 5 rings (SSSR count). The number of benzene rings is 1. The van der Waals surface area contributed by atoms with Gasteiger partial charge < -0.3 is 9.80 Å². The number of carbonyl (C=O) groups is 2. The van der Waals surface area contributed by atoms with Gasteiger partial charge in [-0.2, -0.15) is 0 Å². The van der Waals surface area contributed by atoms with Gasteiger partial charge in [-0.05, 0) is 30.4 Å². The van der Waals surface area contributed by atoms with E-state index in [-0.39, 0.29) is 23.8 Å². The third kappa shape index (κ3) is 2.81. The van der Waals surface area contributed by atoms with Gasteiger partial charge in [0, 0.05) is 39.3 Å². The first-order chi connectivity index (χ1) is 11.6. The minimum Gasteiger partial charge on any atom is -0.341 e. The molecule has 128 valence electrons. The summed E-state index contributed by atoms with van der Waals surface area (Å²) in [6.07, 6.45) is 2.96. The molecule has 0 saturated carbocycles. The maximum absolute atomic E-state index is 12.8. The highest BCUT2D eigenvalue weighted by Gasteiger charge is 2.40. The van der Waals surface area contributed by atoms with E-state index in [4.69, 9.17) is 0 Å². The number of amides is 2. The first kappa shape index (κ1) is 15.6. The zero-order valence-corrected chi connectivity index (χ0v) is 14.3. The Bertz CT molecular complexity index is 660. The molecule has 3 saturated heterocycles. The smallest absolute Gasteiger partial charge is 0.236 e. The van der Waals surface area contributed by atoms with Gasteiger partial charge in [0.2, 0.25) is 11.8 Å². The predicted octanol–water partition coefficient (Wildman–Crippen LogP) is 1.12. The lowest BCUT2D eigenvalue weighted by Gasteiger charge is -2.32. The van der Waals surface area contributed by atoms with Crippen molar-refractivity contribution < 1.29 is 9.59 Å².